The molecule has 1 aromatic heterocycles. The molecule has 182 valence electrons. The van der Waals surface area contributed by atoms with Crippen LogP contribution in [0.2, 0.25) is 0 Å². The molecule has 2 aromatic carbocycles. The Bertz CT molecular complexity index is 1260. The molecule has 0 saturated carbocycles. The highest BCUT2D eigenvalue weighted by atomic mass is 32.2. The van der Waals surface area contributed by atoms with Crippen molar-refractivity contribution < 1.29 is 17.9 Å². The lowest BCUT2D eigenvalue weighted by atomic mass is 10.00. The van der Waals surface area contributed by atoms with Crippen molar-refractivity contribution in [3.05, 3.63) is 77.1 Å². The van der Waals surface area contributed by atoms with Gasteiger partial charge >= 0.3 is 0 Å². The molecule has 1 heterocycles. The van der Waals surface area contributed by atoms with Crippen LogP contribution in [0.15, 0.2) is 54.7 Å². The van der Waals surface area contributed by atoms with Crippen LogP contribution in [0.3, 0.4) is 0 Å². The fourth-order valence-electron chi connectivity index (χ4n) is 3.85. The van der Waals surface area contributed by atoms with Gasteiger partial charge in [-0.05, 0) is 64.3 Å². The average molecular weight is 484 g/mol. The fourth-order valence-corrected chi connectivity index (χ4v) is 4.78. The first-order chi connectivity index (χ1) is 15.8. The minimum absolute atomic E-state index is 0.176. The number of hydrogen-bond donors (Lipinski definition) is 1. The predicted molar refractivity (Wildman–Crippen MR) is 134 cm³/mol. The van der Waals surface area contributed by atoms with Crippen molar-refractivity contribution in [2.24, 2.45) is 0 Å². The number of carbonyl (C=O) groups excluding carboxylic acids is 1. The second-order valence-corrected chi connectivity index (χ2v) is 11.9. The maximum absolute atomic E-state index is 13.6. The van der Waals surface area contributed by atoms with E-state index < -0.39 is 27.3 Å². The first-order valence-corrected chi connectivity index (χ1v) is 13.3. The maximum Gasteiger partial charge on any atom is 0.273 e. The zero-order valence-electron chi connectivity index (χ0n) is 20.6. The number of nitrogens with zero attached hydrogens (tertiary/aromatic N) is 2. The fraction of sp³-hybridized carbons (Fsp3) is 0.385. The van der Waals surface area contributed by atoms with Crippen LogP contribution in [-0.2, 0) is 21.8 Å². The first kappa shape index (κ1) is 25.5. The quantitative estimate of drug-likeness (QED) is 0.512. The number of aromatic nitrogens is 2. The third kappa shape index (κ3) is 6.70. The summed E-state index contributed by atoms with van der Waals surface area (Å²) in [7, 11) is -3.34. The molecule has 1 N–H and O–H groups in total. The van der Waals surface area contributed by atoms with Crippen LogP contribution in [0, 0.1) is 13.8 Å². The summed E-state index contributed by atoms with van der Waals surface area (Å²) >= 11 is 0. The maximum atomic E-state index is 13.6. The van der Waals surface area contributed by atoms with Gasteiger partial charge in [-0.2, -0.15) is 5.10 Å². The van der Waals surface area contributed by atoms with Crippen molar-refractivity contribution in [1.82, 2.24) is 15.1 Å². The van der Waals surface area contributed by atoms with Gasteiger partial charge in [0, 0.05) is 12.3 Å². The van der Waals surface area contributed by atoms with Gasteiger partial charge in [-0.3, -0.25) is 9.48 Å². The second kappa shape index (κ2) is 10.0. The number of carbonyl (C=O) groups is 1. The Labute approximate surface area is 202 Å². The number of rotatable bonds is 8. The molecule has 1 atom stereocenters. The number of amides is 1. The molecule has 0 fully saturated rings. The molecule has 8 heteroatoms. The van der Waals surface area contributed by atoms with E-state index in [4.69, 9.17) is 4.74 Å². The summed E-state index contributed by atoms with van der Waals surface area (Å²) in [5, 5.41) is 7.35. The van der Waals surface area contributed by atoms with E-state index in [1.54, 1.807) is 16.8 Å². The van der Waals surface area contributed by atoms with Crippen LogP contribution in [0.25, 0.3) is 0 Å². The van der Waals surface area contributed by atoms with Crippen molar-refractivity contribution in [2.45, 2.75) is 52.6 Å². The molecule has 0 radical (unpaired) electrons. The number of hydrogen-bond acceptors (Lipinski definition) is 5. The molecule has 0 aliphatic heterocycles. The summed E-state index contributed by atoms with van der Waals surface area (Å²) in [6.45, 7) is 9.81. The number of aryl methyl sites for hydroxylation is 2. The van der Waals surface area contributed by atoms with Gasteiger partial charge in [0.05, 0.1) is 17.5 Å². The number of benzene rings is 2. The van der Waals surface area contributed by atoms with Gasteiger partial charge in [-0.1, -0.05) is 42.0 Å². The number of nitrogens with one attached hydrogen (secondary N) is 1. The molecule has 3 aromatic rings. The van der Waals surface area contributed by atoms with Gasteiger partial charge in [0.15, 0.2) is 11.4 Å². The van der Waals surface area contributed by atoms with Crippen molar-refractivity contribution in [3.63, 3.8) is 0 Å². The molecule has 0 aliphatic carbocycles. The van der Waals surface area contributed by atoms with Gasteiger partial charge in [-0.15, -0.1) is 0 Å². The zero-order chi connectivity index (χ0) is 25.1. The molecule has 0 aliphatic rings. The molecular formula is C26H33N3O4S. The highest BCUT2D eigenvalue weighted by molar-refractivity contribution is 7.90. The van der Waals surface area contributed by atoms with Crippen LogP contribution >= 0.6 is 0 Å². The molecule has 7 nitrogen and oxygen atoms in total. The van der Waals surface area contributed by atoms with Crippen LogP contribution in [0.1, 0.15) is 48.0 Å². The summed E-state index contributed by atoms with van der Waals surface area (Å²) in [5.41, 5.74) is 2.92. The largest absolute Gasteiger partial charge is 0.453 e. The lowest BCUT2D eigenvalue weighted by molar-refractivity contribution is 0.0919. The predicted octanol–water partition coefficient (Wildman–Crippen LogP) is 4.43. The van der Waals surface area contributed by atoms with Gasteiger partial charge in [0.25, 0.3) is 5.91 Å². The second-order valence-electron chi connectivity index (χ2n) is 9.75. The smallest absolute Gasteiger partial charge is 0.273 e. The average Bonchev–Trinajstić information content (AvgIpc) is 3.14. The lowest BCUT2D eigenvalue weighted by Gasteiger charge is -2.24. The zero-order valence-corrected chi connectivity index (χ0v) is 21.4. The van der Waals surface area contributed by atoms with E-state index in [9.17, 15) is 13.2 Å². The SMILES string of the molecule is Cc1ccc(CC(CS(C)(=O)=O)NC(=O)c2c(Oc3ccccc3)cnn2C(C)(C)C)c(C)c1. The molecular weight excluding hydrogens is 450 g/mol. The summed E-state index contributed by atoms with van der Waals surface area (Å²) in [5.74, 6) is 0.276. The Morgan fingerprint density at radius 1 is 1.12 bits per heavy atom. The number of sulfone groups is 1. The Morgan fingerprint density at radius 2 is 1.79 bits per heavy atom. The summed E-state index contributed by atoms with van der Waals surface area (Å²) in [6.07, 6.45) is 3.09. The molecule has 0 bridgehead atoms. The highest BCUT2D eigenvalue weighted by Gasteiger charge is 2.29. The van der Waals surface area contributed by atoms with E-state index in [-0.39, 0.29) is 11.4 Å². The summed E-state index contributed by atoms with van der Waals surface area (Å²) < 4.78 is 31.9. The van der Waals surface area contributed by atoms with E-state index >= 15 is 0 Å². The van der Waals surface area contributed by atoms with Crippen LogP contribution in [0.5, 0.6) is 11.5 Å². The van der Waals surface area contributed by atoms with Crippen molar-refractivity contribution in [1.29, 1.82) is 0 Å². The van der Waals surface area contributed by atoms with E-state index in [0.29, 0.717) is 17.9 Å². The Hall–Kier alpha value is -3.13. The number of para-hydroxylation sites is 1. The minimum atomic E-state index is -3.34. The summed E-state index contributed by atoms with van der Waals surface area (Å²) in [6, 6.07) is 14.6. The standard InChI is InChI=1S/C26H33N3O4S/c1-18-12-13-20(19(2)14-18)15-21(17-34(6,31)32)28-25(30)24-23(16-27-29(24)26(3,4)5)33-22-10-8-7-9-11-22/h7-14,16,21H,15,17H2,1-6H3,(H,28,30). The van der Waals surface area contributed by atoms with E-state index in [2.05, 4.69) is 16.5 Å². The van der Waals surface area contributed by atoms with Crippen LogP contribution in [0.4, 0.5) is 0 Å². The highest BCUT2D eigenvalue weighted by Crippen LogP contribution is 2.29. The Balaban J connectivity index is 1.95. The van der Waals surface area contributed by atoms with Gasteiger partial charge in [-0.25, -0.2) is 8.42 Å². The molecule has 0 spiro atoms. The normalized spacial score (nSPS) is 12.9. The topological polar surface area (TPSA) is 90.3 Å². The van der Waals surface area contributed by atoms with Crippen molar-refractivity contribution >= 4 is 15.7 Å². The van der Waals surface area contributed by atoms with E-state index in [1.165, 1.54) is 12.5 Å². The first-order valence-electron chi connectivity index (χ1n) is 11.2. The number of ether oxygens (including phenoxy) is 1. The molecule has 0 saturated heterocycles. The Morgan fingerprint density at radius 3 is 2.38 bits per heavy atom. The summed E-state index contributed by atoms with van der Waals surface area (Å²) in [4.78, 5) is 13.6. The van der Waals surface area contributed by atoms with E-state index in [1.807, 2.05) is 65.0 Å². The molecule has 1 unspecified atom stereocenters. The third-order valence-corrected chi connectivity index (χ3v) is 6.37. The Kier molecular flexibility index (Phi) is 7.51. The van der Waals surface area contributed by atoms with E-state index in [0.717, 1.165) is 16.7 Å². The van der Waals surface area contributed by atoms with Gasteiger partial charge in [0.1, 0.15) is 15.6 Å². The molecule has 3 rings (SSSR count). The van der Waals surface area contributed by atoms with Gasteiger partial charge < -0.3 is 10.1 Å². The van der Waals surface area contributed by atoms with Crippen LogP contribution < -0.4 is 10.1 Å². The van der Waals surface area contributed by atoms with Crippen molar-refractivity contribution in [3.8, 4) is 11.5 Å². The van der Waals surface area contributed by atoms with Gasteiger partial charge in [0.2, 0.25) is 0 Å². The third-order valence-electron chi connectivity index (χ3n) is 5.36. The molecule has 1 amide bonds. The monoisotopic (exact) mass is 483 g/mol. The lowest BCUT2D eigenvalue weighted by Crippen LogP contribution is -2.43. The minimum Gasteiger partial charge on any atom is -0.453 e. The van der Waals surface area contributed by atoms with Crippen LogP contribution in [-0.4, -0.2) is 42.2 Å². The van der Waals surface area contributed by atoms with Crippen molar-refractivity contribution in [2.75, 3.05) is 12.0 Å². The molecule has 34 heavy (non-hydrogen) atoms.